The van der Waals surface area contributed by atoms with Crippen LogP contribution >= 0.6 is 24.0 Å². The Morgan fingerprint density at radius 1 is 1.15 bits per heavy atom. The molecule has 3 rings (SSSR count). The first-order valence-electron chi connectivity index (χ1n) is 12.2. The van der Waals surface area contributed by atoms with Crippen LogP contribution in [0.5, 0.6) is 0 Å². The molecule has 7 heteroatoms. The number of rotatable bonds is 10. The summed E-state index contributed by atoms with van der Waals surface area (Å²) in [4.78, 5) is 18.7. The van der Waals surface area contributed by atoms with E-state index < -0.39 is 0 Å². The highest BCUT2D eigenvalue weighted by Gasteiger charge is 2.23. The van der Waals surface area contributed by atoms with E-state index in [4.69, 9.17) is 10.7 Å². The van der Waals surface area contributed by atoms with Crippen LogP contribution in [0.2, 0.25) is 0 Å². The second-order valence-electron chi connectivity index (χ2n) is 9.06. The van der Waals surface area contributed by atoms with E-state index in [0.717, 1.165) is 57.8 Å². The molecular formula is C27H40IN5O. The Kier molecular flexibility index (Phi) is 12.4. The molecule has 1 amide bonds. The third-order valence-corrected chi connectivity index (χ3v) is 6.16. The number of nitrogens with two attached hydrogens (primary N) is 1. The topological polar surface area (TPSA) is 82.8 Å². The number of aryl methyl sites for hydroxylation is 1. The van der Waals surface area contributed by atoms with E-state index in [1.54, 1.807) is 0 Å². The fraction of sp³-hybridized carbons (Fsp3) is 0.481. The van der Waals surface area contributed by atoms with Crippen molar-refractivity contribution in [2.45, 2.75) is 58.7 Å². The molecule has 2 atom stereocenters. The van der Waals surface area contributed by atoms with Gasteiger partial charge >= 0.3 is 0 Å². The first-order chi connectivity index (χ1) is 16.0. The maximum Gasteiger partial charge on any atom is 0.221 e. The largest absolute Gasteiger partial charge is 0.369 e. The van der Waals surface area contributed by atoms with Gasteiger partial charge in [0, 0.05) is 25.7 Å². The van der Waals surface area contributed by atoms with Crippen LogP contribution in [0.4, 0.5) is 0 Å². The van der Waals surface area contributed by atoms with Crippen molar-refractivity contribution in [1.29, 1.82) is 0 Å². The van der Waals surface area contributed by atoms with Gasteiger partial charge in [-0.25, -0.2) is 4.99 Å². The Morgan fingerprint density at radius 2 is 1.88 bits per heavy atom. The molecule has 1 fully saturated rings. The lowest BCUT2D eigenvalue weighted by Crippen LogP contribution is -2.42. The molecule has 1 aliphatic heterocycles. The van der Waals surface area contributed by atoms with E-state index in [0.29, 0.717) is 12.6 Å². The van der Waals surface area contributed by atoms with Crippen molar-refractivity contribution < 1.29 is 4.79 Å². The molecule has 0 aliphatic carbocycles. The summed E-state index contributed by atoms with van der Waals surface area (Å²) in [5, 5.41) is 6.91. The molecule has 2 aromatic carbocycles. The number of hydrogen-bond acceptors (Lipinski definition) is 3. The van der Waals surface area contributed by atoms with Gasteiger partial charge in [-0.3, -0.25) is 9.69 Å². The number of guanidine groups is 1. The van der Waals surface area contributed by atoms with E-state index in [1.165, 1.54) is 16.7 Å². The number of carbonyl (C=O) groups excluding carboxylic acids is 1. The van der Waals surface area contributed by atoms with E-state index in [1.807, 2.05) is 0 Å². The molecular weight excluding hydrogens is 537 g/mol. The number of piperidine rings is 1. The fourth-order valence-electron chi connectivity index (χ4n) is 4.34. The van der Waals surface area contributed by atoms with Gasteiger partial charge < -0.3 is 16.4 Å². The van der Waals surface area contributed by atoms with Crippen molar-refractivity contribution in [3.8, 4) is 0 Å². The van der Waals surface area contributed by atoms with Crippen LogP contribution in [0, 0.1) is 5.92 Å². The summed E-state index contributed by atoms with van der Waals surface area (Å²) in [6, 6.07) is 19.5. The van der Waals surface area contributed by atoms with Crippen LogP contribution in [-0.4, -0.2) is 42.4 Å². The molecule has 186 valence electrons. The monoisotopic (exact) mass is 577 g/mol. The number of primary amides is 1. The molecule has 2 aromatic rings. The summed E-state index contributed by atoms with van der Waals surface area (Å²) in [6.45, 7) is 8.36. The minimum atomic E-state index is -0.177. The number of nitrogens with zero attached hydrogens (tertiary/aromatic N) is 2. The molecule has 2 unspecified atom stereocenters. The van der Waals surface area contributed by atoms with Crippen LogP contribution in [0.3, 0.4) is 0 Å². The standard InChI is InChI=1S/C27H39N5O.HI/c1-3-29-27(31-21(2)14-15-22-9-5-4-6-10-22)30-18-23-11-7-12-24(17-23)19-32-16-8-13-25(20-32)26(28)33;/h4-7,9-12,17,21,25H,3,8,13-16,18-20H2,1-2H3,(H2,28,33)(H2,29,30,31);1H. The lowest BCUT2D eigenvalue weighted by Gasteiger charge is -2.31. The molecule has 0 saturated carbocycles. The van der Waals surface area contributed by atoms with Gasteiger partial charge in [0.25, 0.3) is 0 Å². The first kappa shape index (κ1) is 28.1. The summed E-state index contributed by atoms with van der Waals surface area (Å²) >= 11 is 0. The summed E-state index contributed by atoms with van der Waals surface area (Å²) in [5.74, 6) is 0.650. The minimum absolute atomic E-state index is 0. The average molecular weight is 578 g/mol. The van der Waals surface area contributed by atoms with E-state index >= 15 is 0 Å². The number of amides is 1. The fourth-order valence-corrected chi connectivity index (χ4v) is 4.34. The zero-order chi connectivity index (χ0) is 23.5. The lowest BCUT2D eigenvalue weighted by molar-refractivity contribution is -0.123. The highest BCUT2D eigenvalue weighted by atomic mass is 127. The number of carbonyl (C=O) groups is 1. The number of hydrogen-bond donors (Lipinski definition) is 3. The molecule has 4 N–H and O–H groups in total. The molecule has 1 aliphatic rings. The molecule has 6 nitrogen and oxygen atoms in total. The van der Waals surface area contributed by atoms with Gasteiger partial charge in [0.1, 0.15) is 0 Å². The Morgan fingerprint density at radius 3 is 2.62 bits per heavy atom. The second-order valence-corrected chi connectivity index (χ2v) is 9.06. The molecule has 0 aromatic heterocycles. The van der Waals surface area contributed by atoms with E-state index in [9.17, 15) is 4.79 Å². The van der Waals surface area contributed by atoms with E-state index in [-0.39, 0.29) is 35.8 Å². The van der Waals surface area contributed by atoms with Gasteiger partial charge in [-0.05, 0) is 62.8 Å². The summed E-state index contributed by atoms with van der Waals surface area (Å²) in [6.07, 6.45) is 4.03. The Labute approximate surface area is 221 Å². The smallest absolute Gasteiger partial charge is 0.221 e. The molecule has 1 heterocycles. The van der Waals surface area contributed by atoms with Gasteiger partial charge in [-0.2, -0.15) is 0 Å². The van der Waals surface area contributed by atoms with Gasteiger partial charge in [-0.15, -0.1) is 24.0 Å². The minimum Gasteiger partial charge on any atom is -0.369 e. The van der Waals surface area contributed by atoms with Gasteiger partial charge in [-0.1, -0.05) is 54.6 Å². The van der Waals surface area contributed by atoms with E-state index in [2.05, 4.69) is 84.0 Å². The van der Waals surface area contributed by atoms with Crippen molar-refractivity contribution in [1.82, 2.24) is 15.5 Å². The molecule has 0 bridgehead atoms. The molecule has 0 radical (unpaired) electrons. The van der Waals surface area contributed by atoms with Crippen molar-refractivity contribution in [2.24, 2.45) is 16.6 Å². The van der Waals surface area contributed by atoms with Gasteiger partial charge in [0.15, 0.2) is 5.96 Å². The predicted molar refractivity (Wildman–Crippen MR) is 151 cm³/mol. The molecule has 0 spiro atoms. The number of aliphatic imine (C=N–C) groups is 1. The van der Waals surface area contributed by atoms with Crippen LogP contribution in [0.1, 0.15) is 49.8 Å². The second kappa shape index (κ2) is 15.0. The maximum atomic E-state index is 11.6. The summed E-state index contributed by atoms with van der Waals surface area (Å²) in [5.41, 5.74) is 9.33. The first-order valence-corrected chi connectivity index (χ1v) is 12.2. The van der Waals surface area contributed by atoms with Gasteiger partial charge in [0.05, 0.1) is 12.5 Å². The predicted octanol–water partition coefficient (Wildman–Crippen LogP) is 4.08. The summed E-state index contributed by atoms with van der Waals surface area (Å²) in [7, 11) is 0. The SMILES string of the molecule is CCNC(=NCc1cccc(CN2CCCC(C(N)=O)C2)c1)NC(C)CCc1ccccc1.I. The normalized spacial score (nSPS) is 17.5. The third kappa shape index (κ3) is 9.62. The Hall–Kier alpha value is -2.13. The lowest BCUT2D eigenvalue weighted by atomic mass is 9.97. The number of likely N-dealkylation sites (tertiary alicyclic amines) is 1. The number of benzene rings is 2. The highest BCUT2D eigenvalue weighted by molar-refractivity contribution is 14.0. The highest BCUT2D eigenvalue weighted by Crippen LogP contribution is 2.19. The Balaban J connectivity index is 0.00000408. The van der Waals surface area contributed by atoms with Crippen molar-refractivity contribution >= 4 is 35.8 Å². The summed E-state index contributed by atoms with van der Waals surface area (Å²) < 4.78 is 0. The van der Waals surface area contributed by atoms with Crippen molar-refractivity contribution in [2.75, 3.05) is 19.6 Å². The van der Waals surface area contributed by atoms with Crippen molar-refractivity contribution in [3.63, 3.8) is 0 Å². The maximum absolute atomic E-state index is 11.6. The molecule has 34 heavy (non-hydrogen) atoms. The van der Waals surface area contributed by atoms with Gasteiger partial charge in [0.2, 0.25) is 5.91 Å². The average Bonchev–Trinajstić information content (AvgIpc) is 2.82. The quantitative estimate of drug-likeness (QED) is 0.226. The van der Waals surface area contributed by atoms with Crippen LogP contribution in [-0.2, 0) is 24.3 Å². The van der Waals surface area contributed by atoms with Crippen LogP contribution in [0.25, 0.3) is 0 Å². The molecule has 1 saturated heterocycles. The number of nitrogens with one attached hydrogen (secondary N) is 2. The third-order valence-electron chi connectivity index (χ3n) is 6.16. The number of halogens is 1. The van der Waals surface area contributed by atoms with Crippen LogP contribution < -0.4 is 16.4 Å². The zero-order valence-corrected chi connectivity index (χ0v) is 22.8. The zero-order valence-electron chi connectivity index (χ0n) is 20.5. The Bertz CT molecular complexity index is 905. The van der Waals surface area contributed by atoms with Crippen LogP contribution in [0.15, 0.2) is 59.6 Å². The van der Waals surface area contributed by atoms with Crippen molar-refractivity contribution in [3.05, 3.63) is 71.3 Å².